The molecule has 0 saturated carbocycles. The Labute approximate surface area is 99.5 Å². The third kappa shape index (κ3) is 2.88. The Kier molecular flexibility index (Phi) is 4.35. The van der Waals surface area contributed by atoms with Crippen molar-refractivity contribution in [1.29, 1.82) is 5.26 Å². The molecule has 0 N–H and O–H groups in total. The van der Waals surface area contributed by atoms with Crippen LogP contribution in [0, 0.1) is 11.3 Å². The average Bonchev–Trinajstić information content (AvgIpc) is 2.37. The van der Waals surface area contributed by atoms with Gasteiger partial charge in [-0.15, -0.1) is 0 Å². The topological polar surface area (TPSA) is 68.6 Å². The molecule has 90 valence electrons. The summed E-state index contributed by atoms with van der Waals surface area (Å²) in [5.41, 5.74) is 0.644. The fourth-order valence-electron chi connectivity index (χ4n) is 1.46. The zero-order valence-corrected chi connectivity index (χ0v) is 9.94. The lowest BCUT2D eigenvalue weighted by atomic mass is 10.1. The molecule has 0 saturated heterocycles. The summed E-state index contributed by atoms with van der Waals surface area (Å²) >= 11 is 0. The van der Waals surface area contributed by atoms with E-state index in [1.54, 1.807) is 18.2 Å². The predicted molar refractivity (Wildman–Crippen MR) is 60.4 cm³/mol. The minimum Gasteiger partial charge on any atom is -0.493 e. The van der Waals surface area contributed by atoms with Gasteiger partial charge in [0.15, 0.2) is 11.5 Å². The first-order valence-corrected chi connectivity index (χ1v) is 4.88. The second-order valence-corrected chi connectivity index (χ2v) is 3.25. The molecule has 0 unspecified atom stereocenters. The van der Waals surface area contributed by atoms with E-state index in [2.05, 4.69) is 0 Å². The van der Waals surface area contributed by atoms with Crippen LogP contribution in [0.5, 0.6) is 17.2 Å². The van der Waals surface area contributed by atoms with E-state index in [4.69, 9.17) is 19.5 Å². The van der Waals surface area contributed by atoms with Gasteiger partial charge in [0.1, 0.15) is 6.07 Å². The summed E-state index contributed by atoms with van der Waals surface area (Å²) in [6.45, 7) is 0. The Morgan fingerprint density at radius 2 is 1.71 bits per heavy atom. The molecular weight excluding hydrogens is 222 g/mol. The van der Waals surface area contributed by atoms with E-state index < -0.39 is 5.78 Å². The second kappa shape index (κ2) is 5.75. The van der Waals surface area contributed by atoms with Gasteiger partial charge in [0.2, 0.25) is 11.5 Å². The highest BCUT2D eigenvalue weighted by molar-refractivity contribution is 5.95. The third-order valence-electron chi connectivity index (χ3n) is 2.21. The molecule has 17 heavy (non-hydrogen) atoms. The number of benzene rings is 1. The van der Waals surface area contributed by atoms with Crippen molar-refractivity contribution >= 4 is 5.78 Å². The van der Waals surface area contributed by atoms with Gasteiger partial charge in [0, 0.05) is 6.42 Å². The number of Topliss-reactive ketones (excluding diaryl/α,β-unsaturated/α-hetero) is 1. The first-order valence-electron chi connectivity index (χ1n) is 4.88. The van der Waals surface area contributed by atoms with E-state index in [9.17, 15) is 4.79 Å². The number of hydrogen-bond donors (Lipinski definition) is 0. The Morgan fingerprint density at radius 1 is 1.18 bits per heavy atom. The second-order valence-electron chi connectivity index (χ2n) is 3.25. The van der Waals surface area contributed by atoms with E-state index in [1.165, 1.54) is 21.3 Å². The molecular formula is C12H13NO4. The number of ketones is 1. The summed E-state index contributed by atoms with van der Waals surface area (Å²) in [5.74, 6) is 0.877. The van der Waals surface area contributed by atoms with Crippen LogP contribution in [0.3, 0.4) is 0 Å². The summed E-state index contributed by atoms with van der Waals surface area (Å²) in [7, 11) is 4.49. The van der Waals surface area contributed by atoms with Gasteiger partial charge in [0.05, 0.1) is 21.3 Å². The van der Waals surface area contributed by atoms with Gasteiger partial charge in [-0.1, -0.05) is 0 Å². The Bertz CT molecular complexity index is 437. The first kappa shape index (κ1) is 12.8. The molecule has 5 nitrogen and oxygen atoms in total. The normalized spacial score (nSPS) is 9.29. The molecule has 0 amide bonds. The lowest BCUT2D eigenvalue weighted by Crippen LogP contribution is -2.01. The molecule has 0 radical (unpaired) electrons. The fourth-order valence-corrected chi connectivity index (χ4v) is 1.46. The van der Waals surface area contributed by atoms with Crippen LogP contribution in [-0.4, -0.2) is 27.1 Å². The number of nitrogens with zero attached hydrogens (tertiary/aromatic N) is 1. The summed E-state index contributed by atoms with van der Waals surface area (Å²) in [6, 6.07) is 4.86. The Hall–Kier alpha value is -2.22. The van der Waals surface area contributed by atoms with Crippen molar-refractivity contribution in [3.05, 3.63) is 17.7 Å². The summed E-state index contributed by atoms with van der Waals surface area (Å²) in [5, 5.41) is 8.46. The molecule has 0 aliphatic carbocycles. The molecule has 0 bridgehead atoms. The molecule has 1 rings (SSSR count). The number of methoxy groups -OCH3 is 3. The van der Waals surface area contributed by atoms with Gasteiger partial charge in [-0.3, -0.25) is 4.79 Å². The average molecular weight is 235 g/mol. The lowest BCUT2D eigenvalue weighted by molar-refractivity contribution is -0.113. The molecule has 0 aliphatic heterocycles. The van der Waals surface area contributed by atoms with Crippen molar-refractivity contribution in [3.8, 4) is 23.3 Å². The molecule has 0 spiro atoms. The molecule has 5 heteroatoms. The van der Waals surface area contributed by atoms with Crippen LogP contribution in [-0.2, 0) is 11.2 Å². The maximum Gasteiger partial charge on any atom is 0.236 e. The summed E-state index contributed by atoms with van der Waals surface area (Å²) < 4.78 is 15.4. The summed E-state index contributed by atoms with van der Waals surface area (Å²) in [4.78, 5) is 11.1. The molecule has 0 heterocycles. The molecule has 0 fully saturated rings. The maximum atomic E-state index is 11.1. The van der Waals surface area contributed by atoms with Gasteiger partial charge in [0.25, 0.3) is 0 Å². The highest BCUT2D eigenvalue weighted by Gasteiger charge is 2.14. The lowest BCUT2D eigenvalue weighted by Gasteiger charge is -2.13. The van der Waals surface area contributed by atoms with E-state index in [-0.39, 0.29) is 6.42 Å². The van der Waals surface area contributed by atoms with Gasteiger partial charge in [-0.05, 0) is 17.7 Å². The van der Waals surface area contributed by atoms with Gasteiger partial charge >= 0.3 is 0 Å². The zero-order chi connectivity index (χ0) is 12.8. The minimum atomic E-state index is -0.515. The highest BCUT2D eigenvalue weighted by atomic mass is 16.5. The number of ether oxygens (including phenoxy) is 3. The molecule has 1 aromatic carbocycles. The van der Waals surface area contributed by atoms with Crippen LogP contribution < -0.4 is 14.2 Å². The number of nitriles is 1. The monoisotopic (exact) mass is 235 g/mol. The van der Waals surface area contributed by atoms with Crippen LogP contribution in [0.15, 0.2) is 12.1 Å². The third-order valence-corrected chi connectivity index (χ3v) is 2.21. The molecule has 0 aromatic heterocycles. The van der Waals surface area contributed by atoms with Crippen molar-refractivity contribution in [2.24, 2.45) is 0 Å². The SMILES string of the molecule is COc1cc(CC(=O)C#N)cc(OC)c1OC. The van der Waals surface area contributed by atoms with Gasteiger partial charge in [-0.25, -0.2) is 0 Å². The zero-order valence-electron chi connectivity index (χ0n) is 9.94. The quantitative estimate of drug-likeness (QED) is 0.720. The van der Waals surface area contributed by atoms with Gasteiger partial charge < -0.3 is 14.2 Å². The first-order chi connectivity index (χ1) is 8.15. The Balaban J connectivity index is 3.18. The maximum absolute atomic E-state index is 11.1. The largest absolute Gasteiger partial charge is 0.493 e. The standard InChI is InChI=1S/C12H13NO4/c1-15-10-5-8(4-9(14)7-13)6-11(16-2)12(10)17-3/h5-6H,4H2,1-3H3. The van der Waals surface area contributed by atoms with Crippen molar-refractivity contribution < 1.29 is 19.0 Å². The molecule has 0 atom stereocenters. The smallest absolute Gasteiger partial charge is 0.236 e. The Morgan fingerprint density at radius 3 is 2.06 bits per heavy atom. The number of carbonyl (C=O) groups is 1. The van der Waals surface area contributed by atoms with Crippen LogP contribution >= 0.6 is 0 Å². The van der Waals surface area contributed by atoms with E-state index in [0.29, 0.717) is 22.8 Å². The number of carbonyl (C=O) groups excluding carboxylic acids is 1. The van der Waals surface area contributed by atoms with Crippen molar-refractivity contribution in [2.45, 2.75) is 6.42 Å². The fraction of sp³-hybridized carbons (Fsp3) is 0.333. The van der Waals surface area contributed by atoms with E-state index in [1.807, 2.05) is 0 Å². The van der Waals surface area contributed by atoms with Crippen molar-refractivity contribution in [2.75, 3.05) is 21.3 Å². The van der Waals surface area contributed by atoms with Crippen molar-refractivity contribution in [3.63, 3.8) is 0 Å². The van der Waals surface area contributed by atoms with Gasteiger partial charge in [-0.2, -0.15) is 5.26 Å². The van der Waals surface area contributed by atoms with Crippen LogP contribution in [0.4, 0.5) is 0 Å². The number of rotatable bonds is 5. The predicted octanol–water partition coefficient (Wildman–Crippen LogP) is 1.35. The number of hydrogen-bond acceptors (Lipinski definition) is 5. The minimum absolute atomic E-state index is 0.0210. The van der Waals surface area contributed by atoms with Crippen molar-refractivity contribution in [1.82, 2.24) is 0 Å². The molecule has 0 aliphatic rings. The van der Waals surface area contributed by atoms with Crippen LogP contribution in [0.1, 0.15) is 5.56 Å². The van der Waals surface area contributed by atoms with Crippen LogP contribution in [0.25, 0.3) is 0 Å². The van der Waals surface area contributed by atoms with E-state index >= 15 is 0 Å². The molecule has 1 aromatic rings. The van der Waals surface area contributed by atoms with Crippen LogP contribution in [0.2, 0.25) is 0 Å². The highest BCUT2D eigenvalue weighted by Crippen LogP contribution is 2.38. The van der Waals surface area contributed by atoms with E-state index in [0.717, 1.165) is 0 Å². The summed E-state index contributed by atoms with van der Waals surface area (Å²) in [6.07, 6.45) is 0.0210.